The Morgan fingerprint density at radius 2 is 1.97 bits per heavy atom. The quantitative estimate of drug-likeness (QED) is 0.201. The molecule has 0 aliphatic rings. The van der Waals surface area contributed by atoms with Crippen LogP contribution in [0.15, 0.2) is 30.5 Å². The molecule has 29 heavy (non-hydrogen) atoms. The number of hydrogen-bond acceptors (Lipinski definition) is 5. The number of nitrogens with zero attached hydrogens (tertiary/aromatic N) is 5. The van der Waals surface area contributed by atoms with E-state index in [9.17, 15) is 0 Å². The van der Waals surface area contributed by atoms with Crippen LogP contribution in [0.25, 0.3) is 22.4 Å². The van der Waals surface area contributed by atoms with Crippen molar-refractivity contribution >= 4 is 62.6 Å². The van der Waals surface area contributed by atoms with Gasteiger partial charge in [0.1, 0.15) is 22.2 Å². The third-order valence-corrected chi connectivity index (χ3v) is 6.94. The van der Waals surface area contributed by atoms with Crippen molar-refractivity contribution in [3.63, 3.8) is 0 Å². The minimum absolute atomic E-state index is 0.412. The maximum atomic E-state index is 6.29. The highest BCUT2D eigenvalue weighted by atomic mass is 127. The van der Waals surface area contributed by atoms with Gasteiger partial charge in [0, 0.05) is 24.9 Å². The van der Waals surface area contributed by atoms with Crippen LogP contribution in [-0.4, -0.2) is 31.2 Å². The van der Waals surface area contributed by atoms with Crippen LogP contribution in [-0.2, 0) is 7.05 Å². The first-order valence-corrected chi connectivity index (χ1v) is 13.2. The molecule has 1 atom stereocenters. The Morgan fingerprint density at radius 3 is 2.62 bits per heavy atom. The fourth-order valence-electron chi connectivity index (χ4n) is 3.30. The number of imidazole rings is 1. The first-order chi connectivity index (χ1) is 13.9. The van der Waals surface area contributed by atoms with Crippen molar-refractivity contribution in [2.24, 2.45) is 7.05 Å². The van der Waals surface area contributed by atoms with Crippen LogP contribution in [0.5, 0.6) is 5.75 Å². The van der Waals surface area contributed by atoms with Crippen molar-refractivity contribution in [3.8, 4) is 17.0 Å². The molecule has 1 N–H and O–H groups in total. The van der Waals surface area contributed by atoms with Crippen LogP contribution in [0.4, 0.5) is 11.4 Å². The van der Waals surface area contributed by atoms with E-state index in [2.05, 4.69) is 46.8 Å². The Balaban J connectivity index is 1.78. The number of anilines is 2. The summed E-state index contributed by atoms with van der Waals surface area (Å²) in [4.78, 5) is 9.15. The van der Waals surface area contributed by atoms with Crippen LogP contribution in [0, 0.1) is 13.8 Å². The lowest BCUT2D eigenvalue weighted by Gasteiger charge is -2.13. The summed E-state index contributed by atoms with van der Waals surface area (Å²) < 4.78 is 9.51. The monoisotopic (exact) mass is 540 g/mol. The summed E-state index contributed by atoms with van der Waals surface area (Å²) >= 11 is 8.61. The van der Waals surface area contributed by atoms with Gasteiger partial charge in [-0.2, -0.15) is 5.10 Å². The predicted molar refractivity (Wildman–Crippen MR) is 128 cm³/mol. The van der Waals surface area contributed by atoms with E-state index >= 15 is 0 Å². The van der Waals surface area contributed by atoms with Crippen molar-refractivity contribution < 1.29 is 4.74 Å². The van der Waals surface area contributed by atoms with E-state index in [0.29, 0.717) is 17.3 Å². The fourth-order valence-corrected chi connectivity index (χ4v) is 5.63. The Kier molecular flexibility index (Phi) is 5.68. The molecule has 7 nitrogen and oxygen atoms in total. The van der Waals surface area contributed by atoms with E-state index in [1.54, 1.807) is 13.2 Å². The molecule has 0 radical (unpaired) electrons. The van der Waals surface area contributed by atoms with E-state index in [0.717, 1.165) is 45.2 Å². The zero-order chi connectivity index (χ0) is 20.7. The number of pyridine rings is 1. The van der Waals surface area contributed by atoms with Crippen LogP contribution in [0.2, 0.25) is 5.15 Å². The van der Waals surface area contributed by atoms with Gasteiger partial charge in [0.2, 0.25) is 0 Å². The number of halogens is 2. The van der Waals surface area contributed by atoms with Gasteiger partial charge < -0.3 is 10.1 Å². The second-order valence-electron chi connectivity index (χ2n) is 6.62. The molecule has 0 fully saturated rings. The molecule has 0 aliphatic heterocycles. The number of hydrogen-bond donors (Lipinski definition) is 1. The topological polar surface area (TPSA) is 69.8 Å². The number of benzene rings is 1. The molecule has 1 aromatic carbocycles. The zero-order valence-corrected chi connectivity index (χ0v) is 20.2. The largest absolute Gasteiger partial charge is 0.495 e. The molecule has 0 amide bonds. The summed E-state index contributed by atoms with van der Waals surface area (Å²) in [6, 6.07) is 7.77. The van der Waals surface area contributed by atoms with Crippen molar-refractivity contribution in [3.05, 3.63) is 47.0 Å². The van der Waals surface area contributed by atoms with E-state index < -0.39 is 0 Å². The summed E-state index contributed by atoms with van der Waals surface area (Å²) in [5, 5.41) is 8.38. The number of methoxy groups -OCH3 is 1. The Bertz CT molecular complexity index is 1220. The maximum Gasteiger partial charge on any atom is 0.167 e. The number of nitrogens with one attached hydrogen (secondary N) is 1. The van der Waals surface area contributed by atoms with Crippen molar-refractivity contribution in [2.45, 2.75) is 13.8 Å². The van der Waals surface area contributed by atoms with Gasteiger partial charge in [-0.25, -0.2) is 9.97 Å². The average Bonchev–Trinajstić information content (AvgIpc) is 3.19. The minimum atomic E-state index is 0.412. The van der Waals surface area contributed by atoms with Crippen LogP contribution < -0.4 is 10.1 Å². The molecule has 3 aromatic heterocycles. The summed E-state index contributed by atoms with van der Waals surface area (Å²) in [7, 11) is 3.57. The van der Waals surface area contributed by atoms with E-state index in [1.807, 2.05) is 50.0 Å². The third-order valence-electron chi connectivity index (χ3n) is 4.59. The first-order valence-electron chi connectivity index (χ1n) is 8.79. The molecule has 10 heteroatoms. The highest BCUT2D eigenvalue weighted by Gasteiger charge is 2.16. The zero-order valence-electron chi connectivity index (χ0n) is 16.3. The number of aromatic nitrogens is 5. The second-order valence-corrected chi connectivity index (χ2v) is 9.07. The molecule has 4 aromatic rings. The molecule has 0 bridgehead atoms. The van der Waals surface area contributed by atoms with Crippen LogP contribution in [0.3, 0.4) is 0 Å². The molecule has 150 valence electrons. The van der Waals surface area contributed by atoms with Gasteiger partial charge in [0.05, 0.1) is 30.6 Å². The molecule has 3 heterocycles. The van der Waals surface area contributed by atoms with Crippen molar-refractivity contribution in [1.82, 2.24) is 24.1 Å². The molecule has 0 saturated heterocycles. The highest BCUT2D eigenvalue weighted by Crippen LogP contribution is 2.38. The van der Waals surface area contributed by atoms with Gasteiger partial charge in [0.15, 0.2) is 5.65 Å². The van der Waals surface area contributed by atoms with Crippen LogP contribution >= 0.6 is 40.0 Å². The summed E-state index contributed by atoms with van der Waals surface area (Å²) in [6.45, 7) is 4.01. The summed E-state index contributed by atoms with van der Waals surface area (Å²) in [5.74, 6) is 1.61. The molecular formula is C19H19ClIN6OP. The van der Waals surface area contributed by atoms with Crippen molar-refractivity contribution in [2.75, 3.05) is 12.4 Å². The highest BCUT2D eigenvalue weighted by molar-refractivity contribution is 14.2. The number of rotatable bonds is 5. The SMILES string of the molecule is COc1cc(-c2nn(C)cc2C)ccc1Nc1cc(Cl)nc2c1nc(C)n2PI. The first kappa shape index (κ1) is 20.4. The number of aryl methyl sites for hydroxylation is 3. The van der Waals surface area contributed by atoms with Gasteiger partial charge in [-0.15, -0.1) is 0 Å². The fraction of sp³-hybridized carbons (Fsp3) is 0.211. The molecule has 4 rings (SSSR count). The van der Waals surface area contributed by atoms with Gasteiger partial charge >= 0.3 is 0 Å². The molecular weight excluding hydrogens is 522 g/mol. The average molecular weight is 541 g/mol. The molecule has 1 unspecified atom stereocenters. The van der Waals surface area contributed by atoms with Crippen LogP contribution in [0.1, 0.15) is 11.4 Å². The number of ether oxygens (including phenoxy) is 1. The molecule has 0 aliphatic carbocycles. The Hall–Kier alpha value is -1.90. The summed E-state index contributed by atoms with van der Waals surface area (Å²) in [6.07, 6.45) is 2.49. The lowest BCUT2D eigenvalue weighted by Crippen LogP contribution is -1.98. The minimum Gasteiger partial charge on any atom is -0.495 e. The van der Waals surface area contributed by atoms with Gasteiger partial charge in [0.25, 0.3) is 0 Å². The lowest BCUT2D eigenvalue weighted by atomic mass is 10.1. The van der Waals surface area contributed by atoms with Gasteiger partial charge in [-0.1, -0.05) is 17.7 Å². The molecule has 0 saturated carbocycles. The second kappa shape index (κ2) is 8.08. The Morgan fingerprint density at radius 1 is 1.17 bits per heavy atom. The van der Waals surface area contributed by atoms with Gasteiger partial charge in [-0.05, 0) is 53.6 Å². The maximum absolute atomic E-state index is 6.29. The van der Waals surface area contributed by atoms with E-state index in [4.69, 9.17) is 16.3 Å². The lowest BCUT2D eigenvalue weighted by molar-refractivity contribution is 0.417. The predicted octanol–water partition coefficient (Wildman–Crippen LogP) is 5.65. The normalized spacial score (nSPS) is 11.7. The standard InChI is InChI=1S/C19H19ClIN6OP/c1-10-9-26(3)25-17(10)12-5-6-13(15(7-12)28-4)23-14-8-16(20)24-19-18(14)22-11(2)27(19)29-21/h5-9,29H,1-4H3,(H,23,24). The number of fused-ring (bicyclic) bond motifs is 1. The molecule has 0 spiro atoms. The Labute approximate surface area is 188 Å². The summed E-state index contributed by atoms with van der Waals surface area (Å²) in [5.41, 5.74) is 6.19. The van der Waals surface area contributed by atoms with E-state index in [-0.39, 0.29) is 0 Å². The third kappa shape index (κ3) is 3.81. The van der Waals surface area contributed by atoms with Crippen molar-refractivity contribution in [1.29, 1.82) is 0 Å². The van der Waals surface area contributed by atoms with E-state index in [1.165, 1.54) is 0 Å². The smallest absolute Gasteiger partial charge is 0.167 e. The van der Waals surface area contributed by atoms with Gasteiger partial charge in [-0.3, -0.25) is 9.02 Å².